The van der Waals surface area contributed by atoms with E-state index in [9.17, 15) is 4.79 Å². The number of benzene rings is 1. The fraction of sp³-hybridized carbons (Fsp3) is 0.400. The Kier molecular flexibility index (Phi) is 7.33. The molecule has 1 amide bonds. The lowest BCUT2D eigenvalue weighted by Gasteiger charge is -2.11. The van der Waals surface area contributed by atoms with Crippen LogP contribution >= 0.6 is 15.9 Å². The predicted molar refractivity (Wildman–Crippen MR) is 83.7 cm³/mol. The van der Waals surface area contributed by atoms with E-state index in [4.69, 9.17) is 9.84 Å². The highest BCUT2D eigenvalue weighted by Gasteiger charge is 2.05. The highest BCUT2D eigenvalue weighted by molar-refractivity contribution is 9.10. The van der Waals surface area contributed by atoms with Gasteiger partial charge in [-0.05, 0) is 44.0 Å². The van der Waals surface area contributed by atoms with Crippen LogP contribution in [-0.2, 0) is 4.79 Å². The summed E-state index contributed by atoms with van der Waals surface area (Å²) in [4.78, 5) is 11.8. The first-order valence-corrected chi connectivity index (χ1v) is 7.29. The summed E-state index contributed by atoms with van der Waals surface area (Å²) in [6.45, 7) is 2.06. The number of aliphatic hydroxyl groups is 1. The van der Waals surface area contributed by atoms with Crippen LogP contribution in [0, 0.1) is 0 Å². The summed E-state index contributed by atoms with van der Waals surface area (Å²) in [7, 11) is 1.59. The second-order valence-electron chi connectivity index (χ2n) is 4.50. The SMILES string of the molecule is COc1ccc(Br)cc1/C=C/C(=O)NC(C)CCCO. The molecule has 0 aromatic heterocycles. The Morgan fingerprint density at radius 2 is 2.30 bits per heavy atom. The van der Waals surface area contributed by atoms with Gasteiger partial charge in [-0.15, -0.1) is 0 Å². The van der Waals surface area contributed by atoms with Gasteiger partial charge in [0.15, 0.2) is 0 Å². The Morgan fingerprint density at radius 1 is 1.55 bits per heavy atom. The van der Waals surface area contributed by atoms with Crippen LogP contribution in [0.2, 0.25) is 0 Å². The van der Waals surface area contributed by atoms with E-state index >= 15 is 0 Å². The monoisotopic (exact) mass is 341 g/mol. The molecule has 4 nitrogen and oxygen atoms in total. The van der Waals surface area contributed by atoms with Gasteiger partial charge in [0, 0.05) is 28.8 Å². The minimum atomic E-state index is -0.155. The van der Waals surface area contributed by atoms with Crippen molar-refractivity contribution in [2.24, 2.45) is 0 Å². The fourth-order valence-corrected chi connectivity index (χ4v) is 2.14. The number of hydrogen-bond donors (Lipinski definition) is 2. The number of rotatable bonds is 7. The number of ether oxygens (including phenoxy) is 1. The van der Waals surface area contributed by atoms with Gasteiger partial charge in [-0.25, -0.2) is 0 Å². The number of aliphatic hydroxyl groups excluding tert-OH is 1. The summed E-state index contributed by atoms with van der Waals surface area (Å²) in [5.74, 6) is 0.558. The summed E-state index contributed by atoms with van der Waals surface area (Å²) in [6, 6.07) is 5.65. The van der Waals surface area contributed by atoms with E-state index in [-0.39, 0.29) is 18.6 Å². The van der Waals surface area contributed by atoms with Gasteiger partial charge >= 0.3 is 0 Å². The molecule has 0 heterocycles. The molecular weight excluding hydrogens is 322 g/mol. The molecule has 0 saturated heterocycles. The van der Waals surface area contributed by atoms with Gasteiger partial charge in [0.2, 0.25) is 5.91 Å². The Balaban J connectivity index is 2.63. The molecule has 1 unspecified atom stereocenters. The summed E-state index contributed by atoms with van der Waals surface area (Å²) in [5, 5.41) is 11.6. The average Bonchev–Trinajstić information content (AvgIpc) is 2.43. The average molecular weight is 342 g/mol. The molecule has 5 heteroatoms. The zero-order valence-electron chi connectivity index (χ0n) is 11.7. The van der Waals surface area contributed by atoms with E-state index in [0.717, 1.165) is 16.5 Å². The fourth-order valence-electron chi connectivity index (χ4n) is 1.76. The van der Waals surface area contributed by atoms with E-state index in [1.807, 2.05) is 25.1 Å². The van der Waals surface area contributed by atoms with Crippen LogP contribution in [0.5, 0.6) is 5.75 Å². The summed E-state index contributed by atoms with van der Waals surface area (Å²) >= 11 is 3.39. The lowest BCUT2D eigenvalue weighted by molar-refractivity contribution is -0.117. The van der Waals surface area contributed by atoms with Crippen molar-refractivity contribution in [1.82, 2.24) is 5.32 Å². The van der Waals surface area contributed by atoms with Crippen molar-refractivity contribution in [3.8, 4) is 5.75 Å². The number of hydrogen-bond acceptors (Lipinski definition) is 3. The number of amides is 1. The lowest BCUT2D eigenvalue weighted by atomic mass is 10.1. The van der Waals surface area contributed by atoms with Crippen LogP contribution in [0.1, 0.15) is 25.3 Å². The zero-order valence-corrected chi connectivity index (χ0v) is 13.3. The van der Waals surface area contributed by atoms with Gasteiger partial charge in [0.05, 0.1) is 7.11 Å². The normalized spacial score (nSPS) is 12.4. The summed E-state index contributed by atoms with van der Waals surface area (Å²) in [6.07, 6.45) is 4.65. The second kappa shape index (κ2) is 8.76. The van der Waals surface area contributed by atoms with Crippen LogP contribution in [0.3, 0.4) is 0 Å². The van der Waals surface area contributed by atoms with Gasteiger partial charge in [-0.3, -0.25) is 4.79 Å². The molecule has 110 valence electrons. The lowest BCUT2D eigenvalue weighted by Crippen LogP contribution is -2.31. The molecule has 0 aliphatic rings. The Bertz CT molecular complexity index is 474. The first kappa shape index (κ1) is 16.7. The molecule has 0 radical (unpaired) electrons. The van der Waals surface area contributed by atoms with Gasteiger partial charge in [0.1, 0.15) is 5.75 Å². The number of halogens is 1. The molecular formula is C15H20BrNO3. The highest BCUT2D eigenvalue weighted by Crippen LogP contribution is 2.23. The zero-order chi connectivity index (χ0) is 15.0. The molecule has 0 fully saturated rings. The van der Waals surface area contributed by atoms with Crippen molar-refractivity contribution in [2.75, 3.05) is 13.7 Å². The van der Waals surface area contributed by atoms with E-state index in [0.29, 0.717) is 12.2 Å². The van der Waals surface area contributed by atoms with Crippen molar-refractivity contribution in [2.45, 2.75) is 25.8 Å². The maximum absolute atomic E-state index is 11.8. The third-order valence-electron chi connectivity index (χ3n) is 2.79. The van der Waals surface area contributed by atoms with E-state index in [1.54, 1.807) is 13.2 Å². The van der Waals surface area contributed by atoms with Gasteiger partial charge < -0.3 is 15.2 Å². The molecule has 1 rings (SSSR count). The molecule has 20 heavy (non-hydrogen) atoms. The number of carbonyl (C=O) groups is 1. The number of carbonyl (C=O) groups excluding carboxylic acids is 1. The maximum atomic E-state index is 11.8. The van der Waals surface area contributed by atoms with Gasteiger partial charge in [-0.1, -0.05) is 15.9 Å². The van der Waals surface area contributed by atoms with Crippen LogP contribution in [0.4, 0.5) is 0 Å². The highest BCUT2D eigenvalue weighted by atomic mass is 79.9. The smallest absolute Gasteiger partial charge is 0.244 e. The summed E-state index contributed by atoms with van der Waals surface area (Å²) in [5.41, 5.74) is 0.833. The van der Waals surface area contributed by atoms with Crippen LogP contribution in [0.25, 0.3) is 6.08 Å². The van der Waals surface area contributed by atoms with Gasteiger partial charge in [-0.2, -0.15) is 0 Å². The largest absolute Gasteiger partial charge is 0.496 e. The van der Waals surface area contributed by atoms with E-state index < -0.39 is 0 Å². The quantitative estimate of drug-likeness (QED) is 0.749. The Labute approximate surface area is 128 Å². The molecule has 1 aromatic carbocycles. The Morgan fingerprint density at radius 3 is 2.95 bits per heavy atom. The Hall–Kier alpha value is -1.33. The van der Waals surface area contributed by atoms with Crippen molar-refractivity contribution in [3.05, 3.63) is 34.3 Å². The van der Waals surface area contributed by atoms with Crippen LogP contribution in [0.15, 0.2) is 28.7 Å². The van der Waals surface area contributed by atoms with Crippen molar-refractivity contribution >= 4 is 27.9 Å². The first-order chi connectivity index (χ1) is 9.56. The molecule has 0 bridgehead atoms. The molecule has 0 aliphatic heterocycles. The molecule has 1 atom stereocenters. The summed E-state index contributed by atoms with van der Waals surface area (Å²) < 4.78 is 6.16. The van der Waals surface area contributed by atoms with Crippen LogP contribution < -0.4 is 10.1 Å². The molecule has 0 spiro atoms. The standard InChI is InChI=1S/C15H20BrNO3/c1-11(4-3-9-18)17-15(19)8-5-12-10-13(16)6-7-14(12)20-2/h5-8,10-11,18H,3-4,9H2,1-2H3,(H,17,19)/b8-5+. The number of methoxy groups -OCH3 is 1. The van der Waals surface area contributed by atoms with Gasteiger partial charge in [0.25, 0.3) is 0 Å². The topological polar surface area (TPSA) is 58.6 Å². The maximum Gasteiger partial charge on any atom is 0.244 e. The number of nitrogens with one attached hydrogen (secondary N) is 1. The molecule has 2 N–H and O–H groups in total. The molecule has 1 aromatic rings. The van der Waals surface area contributed by atoms with Crippen LogP contribution in [-0.4, -0.2) is 30.8 Å². The first-order valence-electron chi connectivity index (χ1n) is 6.49. The van der Waals surface area contributed by atoms with Crippen molar-refractivity contribution < 1.29 is 14.6 Å². The van der Waals surface area contributed by atoms with E-state index in [2.05, 4.69) is 21.2 Å². The predicted octanol–water partition coefficient (Wildman–Crippen LogP) is 2.75. The van der Waals surface area contributed by atoms with Crippen molar-refractivity contribution in [1.29, 1.82) is 0 Å². The minimum Gasteiger partial charge on any atom is -0.496 e. The minimum absolute atomic E-state index is 0.0451. The third kappa shape index (κ3) is 5.75. The van der Waals surface area contributed by atoms with E-state index in [1.165, 1.54) is 6.08 Å². The van der Waals surface area contributed by atoms with Crippen molar-refractivity contribution in [3.63, 3.8) is 0 Å². The molecule has 0 saturated carbocycles. The second-order valence-corrected chi connectivity index (χ2v) is 5.41. The molecule has 0 aliphatic carbocycles. The third-order valence-corrected chi connectivity index (χ3v) is 3.28.